The normalized spacial score (nSPS) is 12.6. The molecule has 3 N–H and O–H groups in total. The third-order valence-electron chi connectivity index (χ3n) is 2.66. The van der Waals surface area contributed by atoms with Crippen LogP contribution in [-0.2, 0) is 6.54 Å². The van der Waals surface area contributed by atoms with E-state index in [0.29, 0.717) is 0 Å². The zero-order valence-corrected chi connectivity index (χ0v) is 11.2. The van der Waals surface area contributed by atoms with Crippen molar-refractivity contribution in [1.82, 2.24) is 15.2 Å². The van der Waals surface area contributed by atoms with Crippen LogP contribution in [0.3, 0.4) is 0 Å². The molecular weight excluding hydrogens is 280 g/mol. The lowest BCUT2D eigenvalue weighted by Crippen LogP contribution is -2.28. The first-order chi connectivity index (χ1) is 8.24. The molecule has 0 radical (unpaired) electrons. The van der Waals surface area contributed by atoms with E-state index in [9.17, 15) is 0 Å². The highest BCUT2D eigenvalue weighted by atomic mass is 79.9. The second-order valence-electron chi connectivity index (χ2n) is 3.78. The number of hydrazine groups is 1. The molecule has 1 aromatic heterocycles. The van der Waals surface area contributed by atoms with Crippen LogP contribution in [0.25, 0.3) is 0 Å². The van der Waals surface area contributed by atoms with Gasteiger partial charge in [-0.3, -0.25) is 10.5 Å². The second kappa shape index (κ2) is 5.44. The number of aromatic nitrogens is 2. The summed E-state index contributed by atoms with van der Waals surface area (Å²) in [5.74, 6) is 5.64. The zero-order valence-electron chi connectivity index (χ0n) is 9.60. The van der Waals surface area contributed by atoms with Crippen LogP contribution in [0, 0.1) is 0 Å². The van der Waals surface area contributed by atoms with Gasteiger partial charge in [-0.25, -0.2) is 5.43 Å². The minimum absolute atomic E-state index is 0.0344. The van der Waals surface area contributed by atoms with Crippen molar-refractivity contribution in [3.05, 3.63) is 52.3 Å². The van der Waals surface area contributed by atoms with Gasteiger partial charge in [0.25, 0.3) is 0 Å². The number of rotatable bonds is 4. The van der Waals surface area contributed by atoms with Gasteiger partial charge < -0.3 is 0 Å². The van der Waals surface area contributed by atoms with Gasteiger partial charge in [-0.2, -0.15) is 5.10 Å². The van der Waals surface area contributed by atoms with Crippen molar-refractivity contribution in [2.75, 3.05) is 0 Å². The van der Waals surface area contributed by atoms with E-state index in [-0.39, 0.29) is 6.04 Å². The van der Waals surface area contributed by atoms with Gasteiger partial charge in [0.05, 0.1) is 12.2 Å². The van der Waals surface area contributed by atoms with Crippen molar-refractivity contribution >= 4 is 15.9 Å². The van der Waals surface area contributed by atoms with Crippen LogP contribution < -0.4 is 11.3 Å². The van der Waals surface area contributed by atoms with E-state index in [4.69, 9.17) is 5.84 Å². The minimum Gasteiger partial charge on any atom is -0.273 e. The van der Waals surface area contributed by atoms with E-state index in [1.165, 1.54) is 0 Å². The fourth-order valence-corrected chi connectivity index (χ4v) is 2.19. The van der Waals surface area contributed by atoms with Crippen LogP contribution in [0.15, 0.2) is 41.1 Å². The Labute approximate surface area is 109 Å². The summed E-state index contributed by atoms with van der Waals surface area (Å²) in [5.41, 5.74) is 5.00. The lowest BCUT2D eigenvalue weighted by molar-refractivity contribution is 0.630. The summed E-state index contributed by atoms with van der Waals surface area (Å²) in [6.07, 6.45) is 3.85. The molecule has 1 unspecified atom stereocenters. The number of hydrogen-bond donors (Lipinski definition) is 2. The van der Waals surface area contributed by atoms with Gasteiger partial charge in [-0.15, -0.1) is 0 Å². The first-order valence-electron chi connectivity index (χ1n) is 5.48. The number of nitrogens with zero attached hydrogens (tertiary/aromatic N) is 2. The smallest absolute Gasteiger partial charge is 0.0741 e. The Hall–Kier alpha value is -1.17. The topological polar surface area (TPSA) is 55.9 Å². The Bertz CT molecular complexity index is 495. The van der Waals surface area contributed by atoms with Crippen LogP contribution in [0.5, 0.6) is 0 Å². The van der Waals surface area contributed by atoms with Gasteiger partial charge in [0.15, 0.2) is 0 Å². The Balaban J connectivity index is 2.33. The van der Waals surface area contributed by atoms with Gasteiger partial charge in [0.1, 0.15) is 0 Å². The van der Waals surface area contributed by atoms with Crippen LogP contribution in [-0.4, -0.2) is 9.78 Å². The SMILES string of the molecule is CCn1cc(C(NN)c2cccc(Br)c2)cn1. The standard InChI is InChI=1S/C12H15BrN4/c1-2-17-8-10(7-15-17)12(16-14)9-4-3-5-11(13)6-9/h3-8,12,16H,2,14H2,1H3. The highest BCUT2D eigenvalue weighted by Crippen LogP contribution is 2.23. The van der Waals surface area contributed by atoms with E-state index in [0.717, 1.165) is 22.1 Å². The number of nitrogens with two attached hydrogens (primary N) is 1. The third kappa shape index (κ3) is 2.74. The molecule has 1 heterocycles. The predicted molar refractivity (Wildman–Crippen MR) is 71.2 cm³/mol. The van der Waals surface area contributed by atoms with Crippen molar-refractivity contribution < 1.29 is 0 Å². The molecule has 17 heavy (non-hydrogen) atoms. The highest BCUT2D eigenvalue weighted by Gasteiger charge is 2.14. The Morgan fingerprint density at radius 2 is 2.29 bits per heavy atom. The molecule has 1 atom stereocenters. The number of halogens is 1. The molecule has 5 heteroatoms. The maximum atomic E-state index is 5.64. The average molecular weight is 295 g/mol. The molecule has 0 aliphatic rings. The van der Waals surface area contributed by atoms with Crippen LogP contribution >= 0.6 is 15.9 Å². The third-order valence-corrected chi connectivity index (χ3v) is 3.15. The van der Waals surface area contributed by atoms with Gasteiger partial charge in [-0.1, -0.05) is 28.1 Å². The van der Waals surface area contributed by atoms with Crippen LogP contribution in [0.1, 0.15) is 24.1 Å². The highest BCUT2D eigenvalue weighted by molar-refractivity contribution is 9.10. The maximum Gasteiger partial charge on any atom is 0.0741 e. The molecule has 2 aromatic rings. The molecule has 0 saturated heterocycles. The van der Waals surface area contributed by atoms with Crippen molar-refractivity contribution in [2.24, 2.45) is 5.84 Å². The number of benzene rings is 1. The van der Waals surface area contributed by atoms with Crippen molar-refractivity contribution in [3.8, 4) is 0 Å². The first-order valence-corrected chi connectivity index (χ1v) is 6.28. The van der Waals surface area contributed by atoms with Gasteiger partial charge >= 0.3 is 0 Å². The Morgan fingerprint density at radius 3 is 2.88 bits per heavy atom. The molecule has 0 spiro atoms. The molecule has 0 bridgehead atoms. The van der Waals surface area contributed by atoms with E-state index < -0.39 is 0 Å². The lowest BCUT2D eigenvalue weighted by Gasteiger charge is -2.14. The van der Waals surface area contributed by atoms with Gasteiger partial charge in [0.2, 0.25) is 0 Å². The minimum atomic E-state index is -0.0344. The van der Waals surface area contributed by atoms with E-state index >= 15 is 0 Å². The molecule has 0 aliphatic carbocycles. The van der Waals surface area contributed by atoms with E-state index in [2.05, 4.69) is 33.4 Å². The maximum absolute atomic E-state index is 5.64. The first kappa shape index (κ1) is 12.3. The molecular formula is C12H15BrN4. The quantitative estimate of drug-likeness (QED) is 0.671. The summed E-state index contributed by atoms with van der Waals surface area (Å²) in [6, 6.07) is 8.04. The molecule has 90 valence electrons. The average Bonchev–Trinajstić information content (AvgIpc) is 2.79. The molecule has 0 fully saturated rings. The summed E-state index contributed by atoms with van der Waals surface area (Å²) in [7, 11) is 0. The summed E-state index contributed by atoms with van der Waals surface area (Å²) >= 11 is 3.46. The largest absolute Gasteiger partial charge is 0.273 e. The van der Waals surface area contributed by atoms with Crippen molar-refractivity contribution in [3.63, 3.8) is 0 Å². The summed E-state index contributed by atoms with van der Waals surface area (Å²) < 4.78 is 2.93. The van der Waals surface area contributed by atoms with E-state index in [1.54, 1.807) is 0 Å². The fraction of sp³-hybridized carbons (Fsp3) is 0.250. The lowest BCUT2D eigenvalue weighted by atomic mass is 10.0. The number of aryl methyl sites for hydroxylation is 1. The number of nitrogens with one attached hydrogen (secondary N) is 1. The molecule has 2 rings (SSSR count). The Morgan fingerprint density at radius 1 is 1.47 bits per heavy atom. The predicted octanol–water partition coefficient (Wildman–Crippen LogP) is 2.22. The van der Waals surface area contributed by atoms with E-state index in [1.807, 2.05) is 41.3 Å². The summed E-state index contributed by atoms with van der Waals surface area (Å²) in [6.45, 7) is 2.91. The molecule has 0 aliphatic heterocycles. The fourth-order valence-electron chi connectivity index (χ4n) is 1.77. The Kier molecular flexibility index (Phi) is 3.93. The van der Waals surface area contributed by atoms with Gasteiger partial charge in [-0.05, 0) is 24.6 Å². The summed E-state index contributed by atoms with van der Waals surface area (Å²) in [4.78, 5) is 0. The molecule has 0 saturated carbocycles. The van der Waals surface area contributed by atoms with Gasteiger partial charge in [0, 0.05) is 22.8 Å². The monoisotopic (exact) mass is 294 g/mol. The van der Waals surface area contributed by atoms with Crippen molar-refractivity contribution in [1.29, 1.82) is 0 Å². The molecule has 1 aromatic carbocycles. The number of hydrogen-bond acceptors (Lipinski definition) is 3. The molecule has 4 nitrogen and oxygen atoms in total. The summed E-state index contributed by atoms with van der Waals surface area (Å²) in [5, 5.41) is 4.26. The molecule has 0 amide bonds. The zero-order chi connectivity index (χ0) is 12.3. The van der Waals surface area contributed by atoms with Crippen LogP contribution in [0.4, 0.5) is 0 Å². The van der Waals surface area contributed by atoms with Crippen LogP contribution in [0.2, 0.25) is 0 Å². The second-order valence-corrected chi connectivity index (χ2v) is 4.70. The van der Waals surface area contributed by atoms with Crippen molar-refractivity contribution in [2.45, 2.75) is 19.5 Å².